The first kappa shape index (κ1) is 23.0. The average Bonchev–Trinajstić information content (AvgIpc) is 3.54. The maximum atomic E-state index is 12.0. The summed E-state index contributed by atoms with van der Waals surface area (Å²) < 4.78 is 12.9. The maximum Gasteiger partial charge on any atom is 0.407 e. The van der Waals surface area contributed by atoms with Crippen LogP contribution >= 0.6 is 0 Å². The lowest BCUT2D eigenvalue weighted by molar-refractivity contribution is -0.143. The molecule has 2 aliphatic carbocycles. The highest BCUT2D eigenvalue weighted by Gasteiger charge is 2.28. The number of hydrogen-bond acceptors (Lipinski definition) is 7. The Balaban J connectivity index is 1.38. The van der Waals surface area contributed by atoms with E-state index in [1.165, 1.54) is 12.8 Å². The van der Waals surface area contributed by atoms with E-state index in [4.69, 9.17) is 9.47 Å². The molecule has 0 saturated heterocycles. The fourth-order valence-corrected chi connectivity index (χ4v) is 4.17. The molecule has 10 heteroatoms. The van der Waals surface area contributed by atoms with Crippen molar-refractivity contribution >= 4 is 12.1 Å². The molecule has 2 saturated carbocycles. The van der Waals surface area contributed by atoms with E-state index < -0.39 is 12.1 Å². The minimum atomic E-state index is -0.760. The zero-order valence-electron chi connectivity index (χ0n) is 19.1. The zero-order chi connectivity index (χ0) is 23.4. The summed E-state index contributed by atoms with van der Waals surface area (Å²) in [7, 11) is 1.76. The Morgan fingerprint density at radius 2 is 2.06 bits per heavy atom. The summed E-state index contributed by atoms with van der Waals surface area (Å²) in [6, 6.07) is 3.64. The van der Waals surface area contributed by atoms with E-state index in [1.54, 1.807) is 17.8 Å². The van der Waals surface area contributed by atoms with Crippen molar-refractivity contribution < 1.29 is 24.2 Å². The number of carbonyl (C=O) groups excluding carboxylic acids is 1. The molecule has 0 unspecified atom stereocenters. The summed E-state index contributed by atoms with van der Waals surface area (Å²) >= 11 is 0. The van der Waals surface area contributed by atoms with Crippen molar-refractivity contribution in [1.82, 2.24) is 25.3 Å². The van der Waals surface area contributed by atoms with Gasteiger partial charge in [0, 0.05) is 7.05 Å². The molecule has 0 spiro atoms. The highest BCUT2D eigenvalue weighted by molar-refractivity contribution is 5.70. The van der Waals surface area contributed by atoms with Crippen LogP contribution in [0.3, 0.4) is 0 Å². The van der Waals surface area contributed by atoms with Gasteiger partial charge in [0.25, 0.3) is 0 Å². The third kappa shape index (κ3) is 6.00. The lowest BCUT2D eigenvalue weighted by atomic mass is 9.87. The van der Waals surface area contributed by atoms with Crippen molar-refractivity contribution in [2.24, 2.45) is 18.9 Å². The molecule has 2 aromatic rings. The van der Waals surface area contributed by atoms with E-state index >= 15 is 0 Å². The van der Waals surface area contributed by atoms with Crippen LogP contribution in [0.25, 0.3) is 11.4 Å². The minimum Gasteiger partial charge on any atom is -0.489 e. The van der Waals surface area contributed by atoms with Crippen LogP contribution < -0.4 is 10.1 Å². The lowest BCUT2D eigenvalue weighted by Crippen LogP contribution is -2.29. The summed E-state index contributed by atoms with van der Waals surface area (Å²) in [5.74, 6) is 0.233. The molecule has 2 aromatic heterocycles. The number of pyridine rings is 1. The van der Waals surface area contributed by atoms with E-state index in [2.05, 4.69) is 20.6 Å². The number of rotatable bonds is 9. The SMILES string of the molecule is Cc1nc(-c2nnn(C)c2CNC(=O)OCCC2CC2)ccc1O[C@H]1CCC[C@H](C(=O)O)C1. The Morgan fingerprint density at radius 3 is 2.79 bits per heavy atom. The van der Waals surface area contributed by atoms with E-state index in [9.17, 15) is 14.7 Å². The van der Waals surface area contributed by atoms with Gasteiger partial charge in [0.1, 0.15) is 11.4 Å². The number of amides is 1. The minimum absolute atomic E-state index is 0.131. The number of carbonyl (C=O) groups is 2. The summed E-state index contributed by atoms with van der Waals surface area (Å²) in [4.78, 5) is 28.0. The lowest BCUT2D eigenvalue weighted by Gasteiger charge is -2.27. The predicted octanol–water partition coefficient (Wildman–Crippen LogP) is 3.23. The molecule has 2 atom stereocenters. The molecular formula is C23H31N5O5. The van der Waals surface area contributed by atoms with Crippen molar-refractivity contribution in [2.45, 2.75) is 64.5 Å². The molecule has 0 radical (unpaired) electrons. The van der Waals surface area contributed by atoms with Crippen LogP contribution in [0, 0.1) is 18.8 Å². The molecule has 10 nitrogen and oxygen atoms in total. The average molecular weight is 458 g/mol. The zero-order valence-corrected chi connectivity index (χ0v) is 19.1. The first-order valence-electron chi connectivity index (χ1n) is 11.6. The van der Waals surface area contributed by atoms with Gasteiger partial charge in [-0.1, -0.05) is 18.1 Å². The predicted molar refractivity (Wildman–Crippen MR) is 119 cm³/mol. The molecule has 178 valence electrons. The van der Waals surface area contributed by atoms with Crippen LogP contribution in [-0.2, 0) is 23.1 Å². The number of ether oxygens (including phenoxy) is 2. The molecule has 0 aliphatic heterocycles. The van der Waals surface area contributed by atoms with Crippen LogP contribution in [0.4, 0.5) is 4.79 Å². The molecule has 2 N–H and O–H groups in total. The van der Waals surface area contributed by atoms with Gasteiger partial charge in [0.2, 0.25) is 0 Å². The maximum absolute atomic E-state index is 12.0. The van der Waals surface area contributed by atoms with Crippen molar-refractivity contribution in [3.8, 4) is 17.1 Å². The summed E-state index contributed by atoms with van der Waals surface area (Å²) in [5, 5.41) is 20.4. The Morgan fingerprint density at radius 1 is 1.24 bits per heavy atom. The topological polar surface area (TPSA) is 128 Å². The number of carboxylic acid groups (broad SMARTS) is 1. The molecule has 2 heterocycles. The van der Waals surface area contributed by atoms with Gasteiger partial charge in [0.05, 0.1) is 42.3 Å². The van der Waals surface area contributed by atoms with Crippen LogP contribution in [-0.4, -0.2) is 49.9 Å². The van der Waals surface area contributed by atoms with Crippen molar-refractivity contribution in [1.29, 1.82) is 0 Å². The van der Waals surface area contributed by atoms with Gasteiger partial charge >= 0.3 is 12.1 Å². The second-order valence-electron chi connectivity index (χ2n) is 8.95. The monoisotopic (exact) mass is 457 g/mol. The highest BCUT2D eigenvalue weighted by atomic mass is 16.5. The van der Waals surface area contributed by atoms with E-state index in [-0.39, 0.29) is 18.6 Å². The van der Waals surface area contributed by atoms with E-state index in [0.29, 0.717) is 53.9 Å². The van der Waals surface area contributed by atoms with Gasteiger partial charge in [-0.15, -0.1) is 5.10 Å². The quantitative estimate of drug-likeness (QED) is 0.587. The molecule has 2 aliphatic rings. The number of aromatic nitrogens is 4. The smallest absolute Gasteiger partial charge is 0.407 e. The van der Waals surface area contributed by atoms with Crippen LogP contribution in [0.2, 0.25) is 0 Å². The van der Waals surface area contributed by atoms with Gasteiger partial charge in [-0.2, -0.15) is 0 Å². The number of carboxylic acids is 1. The molecular weight excluding hydrogens is 426 g/mol. The Hall–Kier alpha value is -3.17. The highest BCUT2D eigenvalue weighted by Crippen LogP contribution is 2.32. The van der Waals surface area contributed by atoms with Gasteiger partial charge in [-0.25, -0.2) is 14.5 Å². The van der Waals surface area contributed by atoms with E-state index in [1.807, 2.05) is 13.0 Å². The molecule has 0 aromatic carbocycles. The van der Waals surface area contributed by atoms with Crippen LogP contribution in [0.1, 0.15) is 56.3 Å². The summed E-state index contributed by atoms with van der Waals surface area (Å²) in [6.07, 6.45) is 5.67. The molecule has 2 fully saturated rings. The van der Waals surface area contributed by atoms with Crippen LogP contribution in [0.15, 0.2) is 12.1 Å². The Bertz CT molecular complexity index is 1000. The van der Waals surface area contributed by atoms with Gasteiger partial charge < -0.3 is 19.9 Å². The second-order valence-corrected chi connectivity index (χ2v) is 8.95. The van der Waals surface area contributed by atoms with Gasteiger partial charge in [0.15, 0.2) is 0 Å². The number of hydrogen-bond donors (Lipinski definition) is 2. The summed E-state index contributed by atoms with van der Waals surface area (Å²) in [6.45, 7) is 2.50. The number of aliphatic carboxylic acids is 1. The Kier molecular flexibility index (Phi) is 7.10. The van der Waals surface area contributed by atoms with Crippen molar-refractivity contribution in [3.05, 3.63) is 23.5 Å². The number of alkyl carbamates (subject to hydrolysis) is 1. The third-order valence-corrected chi connectivity index (χ3v) is 6.35. The molecule has 0 bridgehead atoms. The fraction of sp³-hybridized carbons (Fsp3) is 0.609. The normalized spacial score (nSPS) is 20.3. The first-order chi connectivity index (χ1) is 15.9. The molecule has 4 rings (SSSR count). The number of nitrogens with zero attached hydrogens (tertiary/aromatic N) is 4. The fourth-order valence-electron chi connectivity index (χ4n) is 4.17. The molecule has 33 heavy (non-hydrogen) atoms. The second kappa shape index (κ2) is 10.2. The Labute approximate surface area is 192 Å². The van der Waals surface area contributed by atoms with Gasteiger partial charge in [-0.05, 0) is 57.1 Å². The van der Waals surface area contributed by atoms with Gasteiger partial charge in [-0.3, -0.25) is 4.79 Å². The first-order valence-corrected chi connectivity index (χ1v) is 11.6. The van der Waals surface area contributed by atoms with Crippen LogP contribution in [0.5, 0.6) is 5.75 Å². The summed E-state index contributed by atoms with van der Waals surface area (Å²) in [5.41, 5.74) is 2.60. The van der Waals surface area contributed by atoms with E-state index in [0.717, 1.165) is 19.3 Å². The molecule has 1 amide bonds. The largest absolute Gasteiger partial charge is 0.489 e. The standard InChI is InChI=1S/C23H31N5O5/c1-14-20(33-17-5-3-4-16(12-17)22(29)30)9-8-18(25-14)21-19(28(2)27-26-21)13-24-23(31)32-11-10-15-6-7-15/h8-9,15-17H,3-7,10-13H2,1-2H3,(H,24,31)(H,29,30)/t16-,17-/m0/s1. The number of aryl methyl sites for hydroxylation is 2. The van der Waals surface area contributed by atoms with Crippen molar-refractivity contribution in [3.63, 3.8) is 0 Å². The number of nitrogens with one attached hydrogen (secondary N) is 1. The van der Waals surface area contributed by atoms with Crippen molar-refractivity contribution in [2.75, 3.05) is 6.61 Å². The third-order valence-electron chi connectivity index (χ3n) is 6.35.